The molecular formula is C17H29N3O. The Morgan fingerprint density at radius 2 is 1.90 bits per heavy atom. The molecule has 0 saturated heterocycles. The Balaban J connectivity index is 2.92. The predicted molar refractivity (Wildman–Crippen MR) is 88.6 cm³/mol. The summed E-state index contributed by atoms with van der Waals surface area (Å²) in [7, 11) is 0. The van der Waals surface area contributed by atoms with Crippen molar-refractivity contribution in [3.05, 3.63) is 24.0 Å². The zero-order valence-electron chi connectivity index (χ0n) is 14.0. The average Bonchev–Trinajstić information content (AvgIpc) is 2.47. The summed E-state index contributed by atoms with van der Waals surface area (Å²) >= 11 is 0. The molecule has 0 aliphatic rings. The molecule has 1 aromatic rings. The van der Waals surface area contributed by atoms with E-state index in [2.05, 4.69) is 38.0 Å². The number of carbonyl (C=O) groups is 1. The van der Waals surface area contributed by atoms with Crippen LogP contribution >= 0.6 is 0 Å². The van der Waals surface area contributed by atoms with Crippen molar-refractivity contribution in [2.75, 3.05) is 18.4 Å². The van der Waals surface area contributed by atoms with E-state index in [1.54, 1.807) is 6.20 Å². The van der Waals surface area contributed by atoms with Crippen LogP contribution in [-0.2, 0) is 0 Å². The molecule has 0 spiro atoms. The molecule has 4 heteroatoms. The van der Waals surface area contributed by atoms with E-state index in [0.717, 1.165) is 31.6 Å². The van der Waals surface area contributed by atoms with Gasteiger partial charge in [0.15, 0.2) is 0 Å². The van der Waals surface area contributed by atoms with Gasteiger partial charge in [-0.15, -0.1) is 0 Å². The van der Waals surface area contributed by atoms with Gasteiger partial charge in [-0.05, 0) is 37.8 Å². The quantitative estimate of drug-likeness (QED) is 0.792. The number of hydrogen-bond donors (Lipinski definition) is 1. The highest BCUT2D eigenvalue weighted by Gasteiger charge is 2.23. The van der Waals surface area contributed by atoms with Gasteiger partial charge < -0.3 is 10.2 Å². The summed E-state index contributed by atoms with van der Waals surface area (Å²) in [5, 5.41) is 3.19. The molecule has 0 radical (unpaired) electrons. The van der Waals surface area contributed by atoms with Crippen LogP contribution in [0.15, 0.2) is 18.3 Å². The number of rotatable bonds is 8. The van der Waals surface area contributed by atoms with Crippen molar-refractivity contribution >= 4 is 11.6 Å². The second-order valence-electron chi connectivity index (χ2n) is 5.78. The molecule has 1 amide bonds. The Morgan fingerprint density at radius 3 is 2.33 bits per heavy atom. The van der Waals surface area contributed by atoms with Gasteiger partial charge >= 0.3 is 0 Å². The van der Waals surface area contributed by atoms with Crippen LogP contribution in [0.4, 0.5) is 5.69 Å². The van der Waals surface area contributed by atoms with E-state index in [1.165, 1.54) is 0 Å². The molecule has 0 bridgehead atoms. The zero-order valence-corrected chi connectivity index (χ0v) is 14.0. The van der Waals surface area contributed by atoms with Gasteiger partial charge in [0.2, 0.25) is 0 Å². The predicted octanol–water partition coefficient (Wildman–Crippen LogP) is 3.80. The fraction of sp³-hybridized carbons (Fsp3) is 0.647. The second kappa shape index (κ2) is 8.65. The van der Waals surface area contributed by atoms with Crippen molar-refractivity contribution in [3.63, 3.8) is 0 Å². The first-order valence-electron chi connectivity index (χ1n) is 8.04. The minimum Gasteiger partial charge on any atom is -0.384 e. The molecule has 0 unspecified atom stereocenters. The van der Waals surface area contributed by atoms with Gasteiger partial charge in [0.1, 0.15) is 5.69 Å². The van der Waals surface area contributed by atoms with Gasteiger partial charge in [-0.2, -0.15) is 0 Å². The molecule has 0 saturated carbocycles. The Hall–Kier alpha value is -1.58. The minimum atomic E-state index is 0.0421. The fourth-order valence-electron chi connectivity index (χ4n) is 2.50. The summed E-state index contributed by atoms with van der Waals surface area (Å²) in [5.74, 6) is 0.496. The Kier molecular flexibility index (Phi) is 7.20. The van der Waals surface area contributed by atoms with Crippen molar-refractivity contribution < 1.29 is 4.79 Å². The van der Waals surface area contributed by atoms with Gasteiger partial charge in [0.25, 0.3) is 5.91 Å². The number of hydrogen-bond acceptors (Lipinski definition) is 3. The second-order valence-corrected chi connectivity index (χ2v) is 5.78. The highest BCUT2D eigenvalue weighted by atomic mass is 16.2. The summed E-state index contributed by atoms with van der Waals surface area (Å²) in [5.41, 5.74) is 1.48. The number of aromatic nitrogens is 1. The maximum absolute atomic E-state index is 12.8. The molecular weight excluding hydrogens is 262 g/mol. The zero-order chi connectivity index (χ0) is 15.8. The van der Waals surface area contributed by atoms with E-state index < -0.39 is 0 Å². The maximum atomic E-state index is 12.8. The van der Waals surface area contributed by atoms with Gasteiger partial charge in [0.05, 0.1) is 11.9 Å². The van der Waals surface area contributed by atoms with E-state index in [1.807, 2.05) is 24.0 Å². The summed E-state index contributed by atoms with van der Waals surface area (Å²) in [6, 6.07) is 4.02. The third-order valence-corrected chi connectivity index (χ3v) is 3.57. The molecule has 1 N–H and O–H groups in total. The third kappa shape index (κ3) is 5.03. The molecule has 1 heterocycles. The van der Waals surface area contributed by atoms with Crippen molar-refractivity contribution in [3.8, 4) is 0 Å². The first-order valence-corrected chi connectivity index (χ1v) is 8.04. The largest absolute Gasteiger partial charge is 0.384 e. The van der Waals surface area contributed by atoms with Crippen LogP contribution in [0.1, 0.15) is 57.9 Å². The average molecular weight is 291 g/mol. The molecule has 118 valence electrons. The fourth-order valence-corrected chi connectivity index (χ4v) is 2.50. The Morgan fingerprint density at radius 1 is 1.24 bits per heavy atom. The van der Waals surface area contributed by atoms with Crippen LogP contribution in [0.3, 0.4) is 0 Å². The first-order chi connectivity index (χ1) is 10.0. The lowest BCUT2D eigenvalue weighted by Gasteiger charge is -2.31. The van der Waals surface area contributed by atoms with E-state index in [9.17, 15) is 4.79 Å². The van der Waals surface area contributed by atoms with Gasteiger partial charge in [-0.1, -0.05) is 27.7 Å². The highest BCUT2D eigenvalue weighted by Crippen LogP contribution is 2.16. The van der Waals surface area contributed by atoms with Crippen LogP contribution in [-0.4, -0.2) is 34.9 Å². The number of nitrogens with one attached hydrogen (secondary N) is 1. The molecule has 1 aromatic heterocycles. The third-order valence-electron chi connectivity index (χ3n) is 3.57. The summed E-state index contributed by atoms with van der Waals surface area (Å²) < 4.78 is 0. The first kappa shape index (κ1) is 17.5. The van der Waals surface area contributed by atoms with Crippen molar-refractivity contribution in [2.24, 2.45) is 5.92 Å². The normalized spacial score (nSPS) is 11.0. The smallest absolute Gasteiger partial charge is 0.272 e. The highest BCUT2D eigenvalue weighted by molar-refractivity contribution is 5.92. The summed E-state index contributed by atoms with van der Waals surface area (Å²) in [6.45, 7) is 12.2. The standard InChI is InChI=1S/C17H29N3O/c1-6-15(7-2)20(12-13(4)5)17(21)16-10-9-14(11-19-16)18-8-3/h9-11,13,15,18H,6-8,12H2,1-5H3. The lowest BCUT2D eigenvalue weighted by atomic mass is 10.1. The topological polar surface area (TPSA) is 45.2 Å². The van der Waals surface area contributed by atoms with E-state index in [4.69, 9.17) is 0 Å². The van der Waals surface area contributed by atoms with E-state index >= 15 is 0 Å². The van der Waals surface area contributed by atoms with E-state index in [-0.39, 0.29) is 11.9 Å². The molecule has 0 aromatic carbocycles. The molecule has 0 aliphatic carbocycles. The summed E-state index contributed by atoms with van der Waals surface area (Å²) in [4.78, 5) is 19.1. The number of amides is 1. The molecule has 0 fully saturated rings. The SMILES string of the molecule is CCNc1ccc(C(=O)N(CC(C)C)C(CC)CC)nc1. The monoisotopic (exact) mass is 291 g/mol. The maximum Gasteiger partial charge on any atom is 0.272 e. The molecule has 4 nitrogen and oxygen atoms in total. The van der Waals surface area contributed by atoms with Crippen LogP contribution in [0.25, 0.3) is 0 Å². The van der Waals surface area contributed by atoms with Crippen molar-refractivity contribution in [1.82, 2.24) is 9.88 Å². The van der Waals surface area contributed by atoms with Crippen molar-refractivity contribution in [1.29, 1.82) is 0 Å². The van der Waals surface area contributed by atoms with Gasteiger partial charge in [-0.3, -0.25) is 4.79 Å². The molecule has 1 rings (SSSR count). The summed E-state index contributed by atoms with van der Waals surface area (Å²) in [6.07, 6.45) is 3.69. The lowest BCUT2D eigenvalue weighted by Crippen LogP contribution is -2.42. The van der Waals surface area contributed by atoms with Gasteiger partial charge in [0, 0.05) is 19.1 Å². The number of pyridine rings is 1. The van der Waals surface area contributed by atoms with Crippen molar-refractivity contribution in [2.45, 2.75) is 53.5 Å². The molecule has 21 heavy (non-hydrogen) atoms. The molecule has 0 atom stereocenters. The van der Waals surface area contributed by atoms with Crippen LogP contribution in [0.2, 0.25) is 0 Å². The number of carbonyl (C=O) groups excluding carboxylic acids is 1. The van der Waals surface area contributed by atoms with Crippen LogP contribution in [0.5, 0.6) is 0 Å². The Bertz CT molecular complexity index is 424. The Labute approximate surface area is 129 Å². The molecule has 0 aliphatic heterocycles. The number of anilines is 1. The van der Waals surface area contributed by atoms with E-state index in [0.29, 0.717) is 11.6 Å². The lowest BCUT2D eigenvalue weighted by molar-refractivity contribution is 0.0634. The van der Waals surface area contributed by atoms with Gasteiger partial charge in [-0.25, -0.2) is 4.98 Å². The number of nitrogens with zero attached hydrogens (tertiary/aromatic N) is 2. The van der Waals surface area contributed by atoms with Crippen LogP contribution in [0, 0.1) is 5.92 Å². The van der Waals surface area contributed by atoms with Crippen LogP contribution < -0.4 is 5.32 Å². The minimum absolute atomic E-state index is 0.0421.